The molecular weight excluding hydrogens is 256 g/mol. The zero-order valence-electron chi connectivity index (χ0n) is 9.23. The Morgan fingerprint density at radius 3 is 2.71 bits per heavy atom. The number of halogens is 1. The van der Waals surface area contributed by atoms with Crippen molar-refractivity contribution in [2.24, 2.45) is 0 Å². The van der Waals surface area contributed by atoms with Crippen molar-refractivity contribution in [2.75, 3.05) is 6.61 Å². The van der Waals surface area contributed by atoms with Gasteiger partial charge in [-0.15, -0.1) is 11.3 Å². The van der Waals surface area contributed by atoms with Gasteiger partial charge in [0, 0.05) is 11.5 Å². The molecule has 0 unspecified atom stereocenters. The van der Waals surface area contributed by atoms with E-state index in [2.05, 4.69) is 0 Å². The molecule has 4 heteroatoms. The minimum atomic E-state index is 0.130. The van der Waals surface area contributed by atoms with E-state index < -0.39 is 0 Å². The van der Waals surface area contributed by atoms with E-state index in [-0.39, 0.29) is 6.61 Å². The van der Waals surface area contributed by atoms with E-state index in [9.17, 15) is 0 Å². The molecule has 1 N–H and O–H groups in total. The molecule has 0 aliphatic rings. The van der Waals surface area contributed by atoms with E-state index in [0.717, 1.165) is 20.5 Å². The highest BCUT2D eigenvalue weighted by Crippen LogP contribution is 2.24. The highest BCUT2D eigenvalue weighted by atomic mass is 35.5. The van der Waals surface area contributed by atoms with Crippen molar-refractivity contribution in [2.45, 2.75) is 13.0 Å². The third-order valence-electron chi connectivity index (χ3n) is 2.35. The maximum absolute atomic E-state index is 8.96. The molecule has 2 rings (SSSR count). The summed E-state index contributed by atoms with van der Waals surface area (Å²) >= 11 is 7.37. The molecule has 0 radical (unpaired) electrons. The fraction of sp³-hybridized carbons (Fsp3) is 0.231. The Hall–Kier alpha value is -1.03. The highest BCUT2D eigenvalue weighted by molar-refractivity contribution is 7.16. The van der Waals surface area contributed by atoms with E-state index >= 15 is 0 Å². The second kappa shape index (κ2) is 6.05. The van der Waals surface area contributed by atoms with Crippen LogP contribution in [-0.2, 0) is 13.0 Å². The third-order valence-corrected chi connectivity index (χ3v) is 3.56. The SMILES string of the molecule is OCCc1ccccc1OCc1ccc(Cl)s1. The van der Waals surface area contributed by atoms with Crippen molar-refractivity contribution in [3.8, 4) is 5.75 Å². The van der Waals surface area contributed by atoms with Crippen LogP contribution in [0.5, 0.6) is 5.75 Å². The van der Waals surface area contributed by atoms with Crippen molar-refractivity contribution in [3.05, 3.63) is 51.2 Å². The van der Waals surface area contributed by atoms with Crippen molar-refractivity contribution in [1.82, 2.24) is 0 Å². The van der Waals surface area contributed by atoms with Crippen LogP contribution in [0.2, 0.25) is 4.34 Å². The number of aliphatic hydroxyl groups is 1. The molecule has 0 aliphatic heterocycles. The lowest BCUT2D eigenvalue weighted by Gasteiger charge is -2.09. The van der Waals surface area contributed by atoms with E-state index in [1.807, 2.05) is 36.4 Å². The van der Waals surface area contributed by atoms with Gasteiger partial charge in [0.2, 0.25) is 0 Å². The number of aliphatic hydroxyl groups excluding tert-OH is 1. The maximum Gasteiger partial charge on any atom is 0.123 e. The van der Waals surface area contributed by atoms with E-state index in [4.69, 9.17) is 21.4 Å². The Labute approximate surface area is 109 Å². The molecule has 1 aromatic carbocycles. The van der Waals surface area contributed by atoms with Gasteiger partial charge in [-0.1, -0.05) is 29.8 Å². The first kappa shape index (κ1) is 12.4. The normalized spacial score (nSPS) is 10.5. The van der Waals surface area contributed by atoms with Crippen molar-refractivity contribution in [1.29, 1.82) is 0 Å². The van der Waals surface area contributed by atoms with Crippen molar-refractivity contribution >= 4 is 22.9 Å². The van der Waals surface area contributed by atoms with Crippen LogP contribution < -0.4 is 4.74 Å². The van der Waals surface area contributed by atoms with E-state index in [1.165, 1.54) is 11.3 Å². The topological polar surface area (TPSA) is 29.5 Å². The van der Waals surface area contributed by atoms with Gasteiger partial charge in [-0.25, -0.2) is 0 Å². The van der Waals surface area contributed by atoms with Gasteiger partial charge >= 0.3 is 0 Å². The quantitative estimate of drug-likeness (QED) is 0.899. The number of thiophene rings is 1. The first-order valence-electron chi connectivity index (χ1n) is 5.35. The van der Waals surface area contributed by atoms with Gasteiger partial charge in [0.05, 0.1) is 4.34 Å². The van der Waals surface area contributed by atoms with Crippen LogP contribution in [0.15, 0.2) is 36.4 Å². The summed E-state index contributed by atoms with van der Waals surface area (Å²) in [7, 11) is 0. The Morgan fingerprint density at radius 1 is 1.18 bits per heavy atom. The number of hydrogen-bond donors (Lipinski definition) is 1. The van der Waals surface area contributed by atoms with E-state index in [0.29, 0.717) is 13.0 Å². The monoisotopic (exact) mass is 268 g/mol. The molecule has 17 heavy (non-hydrogen) atoms. The Morgan fingerprint density at radius 2 is 2.00 bits per heavy atom. The molecule has 2 nitrogen and oxygen atoms in total. The lowest BCUT2D eigenvalue weighted by atomic mass is 10.1. The van der Waals surface area contributed by atoms with Crippen LogP contribution in [-0.4, -0.2) is 11.7 Å². The van der Waals surface area contributed by atoms with Gasteiger partial charge in [-0.2, -0.15) is 0 Å². The van der Waals surface area contributed by atoms with Crippen molar-refractivity contribution in [3.63, 3.8) is 0 Å². The number of rotatable bonds is 5. The summed E-state index contributed by atoms with van der Waals surface area (Å²) < 4.78 is 6.50. The van der Waals surface area contributed by atoms with Gasteiger partial charge in [-0.3, -0.25) is 0 Å². The standard InChI is InChI=1S/C13H13ClO2S/c14-13-6-5-11(17-13)9-16-12-4-2-1-3-10(12)7-8-15/h1-6,15H,7-9H2. The average Bonchev–Trinajstić information content (AvgIpc) is 2.74. The minimum Gasteiger partial charge on any atom is -0.488 e. The molecule has 1 aromatic heterocycles. The zero-order chi connectivity index (χ0) is 12.1. The Bertz CT molecular complexity index is 482. The predicted octanol–water partition coefficient (Wildman–Crippen LogP) is 3.52. The lowest BCUT2D eigenvalue weighted by molar-refractivity contribution is 0.285. The minimum absolute atomic E-state index is 0.130. The summed E-state index contributed by atoms with van der Waals surface area (Å²) in [6.07, 6.45) is 0.612. The predicted molar refractivity (Wildman–Crippen MR) is 70.9 cm³/mol. The molecule has 0 amide bonds. The average molecular weight is 269 g/mol. The number of para-hydroxylation sites is 1. The van der Waals surface area contributed by atoms with Crippen LogP contribution in [0.25, 0.3) is 0 Å². The van der Waals surface area contributed by atoms with Crippen LogP contribution in [0, 0.1) is 0 Å². The first-order valence-corrected chi connectivity index (χ1v) is 6.55. The molecule has 0 bridgehead atoms. The Kier molecular flexibility index (Phi) is 4.42. The molecule has 0 saturated carbocycles. The molecule has 0 fully saturated rings. The summed E-state index contributed by atoms with van der Waals surface area (Å²) in [5, 5.41) is 8.96. The van der Waals surface area contributed by atoms with Crippen molar-refractivity contribution < 1.29 is 9.84 Å². The van der Waals surface area contributed by atoms with E-state index in [1.54, 1.807) is 0 Å². The van der Waals surface area contributed by atoms with Crippen LogP contribution >= 0.6 is 22.9 Å². The summed E-state index contributed by atoms with van der Waals surface area (Å²) in [5.41, 5.74) is 1.03. The lowest BCUT2D eigenvalue weighted by Crippen LogP contribution is -1.98. The second-order valence-electron chi connectivity index (χ2n) is 3.58. The first-order chi connectivity index (χ1) is 8.29. The van der Waals surface area contributed by atoms with Gasteiger partial charge in [0.25, 0.3) is 0 Å². The van der Waals surface area contributed by atoms with Crippen LogP contribution in [0.3, 0.4) is 0 Å². The maximum atomic E-state index is 8.96. The molecule has 0 spiro atoms. The Balaban J connectivity index is 2.03. The van der Waals surface area contributed by atoms with Gasteiger partial charge in [0.1, 0.15) is 12.4 Å². The largest absolute Gasteiger partial charge is 0.488 e. The van der Waals surface area contributed by atoms with Gasteiger partial charge in [0.15, 0.2) is 0 Å². The summed E-state index contributed by atoms with van der Waals surface area (Å²) in [6, 6.07) is 11.6. The van der Waals surface area contributed by atoms with Crippen LogP contribution in [0.4, 0.5) is 0 Å². The van der Waals surface area contributed by atoms with Gasteiger partial charge < -0.3 is 9.84 Å². The summed E-state index contributed by atoms with van der Waals surface area (Å²) in [6.45, 7) is 0.644. The van der Waals surface area contributed by atoms with Gasteiger partial charge in [-0.05, 0) is 30.2 Å². The molecule has 0 atom stereocenters. The molecule has 0 saturated heterocycles. The number of benzene rings is 1. The fourth-order valence-electron chi connectivity index (χ4n) is 1.55. The number of hydrogen-bond acceptors (Lipinski definition) is 3. The second-order valence-corrected chi connectivity index (χ2v) is 5.38. The molecule has 0 aliphatic carbocycles. The third kappa shape index (κ3) is 3.46. The molecule has 90 valence electrons. The number of ether oxygens (including phenoxy) is 1. The molecule has 1 heterocycles. The summed E-state index contributed by atoms with van der Waals surface area (Å²) in [4.78, 5) is 1.09. The molecular formula is C13H13ClO2S. The smallest absolute Gasteiger partial charge is 0.123 e. The van der Waals surface area contributed by atoms with Crippen LogP contribution in [0.1, 0.15) is 10.4 Å². The fourth-order valence-corrected chi connectivity index (χ4v) is 2.55. The molecule has 2 aromatic rings. The summed E-state index contributed by atoms with van der Waals surface area (Å²) in [5.74, 6) is 0.825. The highest BCUT2D eigenvalue weighted by Gasteiger charge is 2.04. The zero-order valence-corrected chi connectivity index (χ0v) is 10.8.